The first-order chi connectivity index (χ1) is 8.97. The highest BCUT2D eigenvalue weighted by molar-refractivity contribution is 14.1. The molecule has 1 amide bonds. The van der Waals surface area contributed by atoms with Gasteiger partial charge in [-0.05, 0) is 74.9 Å². The quantitative estimate of drug-likeness (QED) is 0.651. The Labute approximate surface area is 137 Å². The van der Waals surface area contributed by atoms with Gasteiger partial charge in [-0.1, -0.05) is 11.6 Å². The first kappa shape index (κ1) is 14.6. The van der Waals surface area contributed by atoms with Gasteiger partial charge >= 0.3 is 0 Å². The number of phenolic OH excluding ortho intramolecular Hbond substituents is 1. The molecule has 2 rings (SSSR count). The van der Waals surface area contributed by atoms with Crippen LogP contribution in [-0.2, 0) is 0 Å². The molecule has 0 radical (unpaired) electrons. The van der Waals surface area contributed by atoms with Gasteiger partial charge in [-0.3, -0.25) is 4.79 Å². The third kappa shape index (κ3) is 3.61. The fourth-order valence-electron chi connectivity index (χ4n) is 1.47. The number of amides is 1. The number of carbonyl (C=O) groups excluding carboxylic acids is 1. The molecule has 98 valence electrons. The number of rotatable bonds is 2. The predicted molar refractivity (Wildman–Crippen MR) is 87.9 cm³/mol. The molecule has 2 aromatic carbocycles. The second-order valence-electron chi connectivity index (χ2n) is 3.74. The molecule has 0 atom stereocenters. The summed E-state index contributed by atoms with van der Waals surface area (Å²) >= 11 is 11.3. The van der Waals surface area contributed by atoms with Crippen molar-refractivity contribution in [3.8, 4) is 5.75 Å². The van der Waals surface area contributed by atoms with Gasteiger partial charge in [0.2, 0.25) is 0 Å². The van der Waals surface area contributed by atoms with Crippen LogP contribution in [0.15, 0.2) is 40.9 Å². The number of hydrogen-bond acceptors (Lipinski definition) is 2. The minimum atomic E-state index is -0.390. The van der Waals surface area contributed by atoms with Gasteiger partial charge in [-0.2, -0.15) is 0 Å². The lowest BCUT2D eigenvalue weighted by molar-refractivity contribution is 0.102. The van der Waals surface area contributed by atoms with E-state index in [0.717, 1.165) is 8.04 Å². The van der Waals surface area contributed by atoms with E-state index in [9.17, 15) is 9.90 Å². The molecule has 3 nitrogen and oxygen atoms in total. The van der Waals surface area contributed by atoms with Crippen LogP contribution in [0.25, 0.3) is 0 Å². The van der Waals surface area contributed by atoms with E-state index in [2.05, 4.69) is 43.8 Å². The van der Waals surface area contributed by atoms with Crippen molar-refractivity contribution in [2.24, 2.45) is 0 Å². The molecule has 0 saturated carbocycles. The molecule has 0 aromatic heterocycles. The number of nitrogens with one attached hydrogen (secondary N) is 1. The monoisotopic (exact) mass is 451 g/mol. The third-order valence-corrected chi connectivity index (χ3v) is 3.98. The van der Waals surface area contributed by atoms with Gasteiger partial charge in [0.1, 0.15) is 5.75 Å². The maximum Gasteiger partial charge on any atom is 0.259 e. The number of halogens is 3. The van der Waals surface area contributed by atoms with E-state index in [1.165, 1.54) is 6.07 Å². The van der Waals surface area contributed by atoms with Crippen molar-refractivity contribution < 1.29 is 9.90 Å². The Morgan fingerprint density at radius 1 is 1.26 bits per heavy atom. The Morgan fingerprint density at radius 2 is 2.00 bits per heavy atom. The number of benzene rings is 2. The highest BCUT2D eigenvalue weighted by Crippen LogP contribution is 2.27. The lowest BCUT2D eigenvalue weighted by Crippen LogP contribution is -2.12. The second-order valence-corrected chi connectivity index (χ2v) is 6.28. The molecule has 0 spiro atoms. The largest absolute Gasteiger partial charge is 0.507 e. The summed E-state index contributed by atoms with van der Waals surface area (Å²) in [5, 5.41) is 12.9. The average molecular weight is 452 g/mol. The van der Waals surface area contributed by atoms with Gasteiger partial charge < -0.3 is 10.4 Å². The molecule has 0 unspecified atom stereocenters. The SMILES string of the molecule is O=C(Nc1cc(Cl)ccc1Br)c1cc(I)ccc1O. The highest BCUT2D eigenvalue weighted by atomic mass is 127. The van der Waals surface area contributed by atoms with Gasteiger partial charge in [0.15, 0.2) is 0 Å². The standard InChI is InChI=1S/C13H8BrClINO2/c14-10-3-1-7(15)5-11(10)17-13(19)9-6-8(16)2-4-12(9)18/h1-6,18H,(H,17,19). The molecule has 2 aromatic rings. The fourth-order valence-corrected chi connectivity index (χ4v) is 2.48. The molecule has 0 heterocycles. The zero-order chi connectivity index (χ0) is 14.0. The minimum Gasteiger partial charge on any atom is -0.507 e. The molecule has 2 N–H and O–H groups in total. The van der Waals surface area contributed by atoms with Crippen LogP contribution in [0.4, 0.5) is 5.69 Å². The van der Waals surface area contributed by atoms with E-state index in [1.54, 1.807) is 30.3 Å². The van der Waals surface area contributed by atoms with E-state index in [1.807, 2.05) is 0 Å². The Morgan fingerprint density at radius 3 is 2.74 bits per heavy atom. The van der Waals surface area contributed by atoms with Crippen LogP contribution in [0.3, 0.4) is 0 Å². The van der Waals surface area contributed by atoms with Crippen molar-refractivity contribution in [2.45, 2.75) is 0 Å². The summed E-state index contributed by atoms with van der Waals surface area (Å²) in [5.41, 5.74) is 0.773. The summed E-state index contributed by atoms with van der Waals surface area (Å²) in [7, 11) is 0. The van der Waals surface area contributed by atoms with E-state index in [4.69, 9.17) is 11.6 Å². The number of carbonyl (C=O) groups is 1. The molecule has 0 aliphatic carbocycles. The summed E-state index contributed by atoms with van der Waals surface area (Å²) < 4.78 is 1.58. The molecule has 0 saturated heterocycles. The Hall–Kier alpha value is -0.790. The molecule has 0 aliphatic heterocycles. The van der Waals surface area contributed by atoms with Gasteiger partial charge in [-0.25, -0.2) is 0 Å². The lowest BCUT2D eigenvalue weighted by atomic mass is 10.2. The summed E-state index contributed by atoms with van der Waals surface area (Å²) in [4.78, 5) is 12.1. The number of hydrogen-bond donors (Lipinski definition) is 2. The van der Waals surface area contributed by atoms with Crippen LogP contribution in [0.2, 0.25) is 5.02 Å². The smallest absolute Gasteiger partial charge is 0.259 e. The number of anilines is 1. The Kier molecular flexibility index (Phi) is 4.70. The van der Waals surface area contributed by atoms with Crippen molar-refractivity contribution in [3.63, 3.8) is 0 Å². The maximum atomic E-state index is 12.1. The Balaban J connectivity index is 2.30. The highest BCUT2D eigenvalue weighted by Gasteiger charge is 2.13. The van der Waals surface area contributed by atoms with Crippen molar-refractivity contribution >= 4 is 61.7 Å². The number of aromatic hydroxyl groups is 1. The minimum absolute atomic E-state index is 0.0592. The predicted octanol–water partition coefficient (Wildman–Crippen LogP) is 4.67. The van der Waals surface area contributed by atoms with Crippen molar-refractivity contribution in [1.82, 2.24) is 0 Å². The zero-order valence-electron chi connectivity index (χ0n) is 9.45. The van der Waals surface area contributed by atoms with Crippen LogP contribution in [0.1, 0.15) is 10.4 Å². The summed E-state index contributed by atoms with van der Waals surface area (Å²) in [6, 6.07) is 9.92. The van der Waals surface area contributed by atoms with Crippen LogP contribution in [0.5, 0.6) is 5.75 Å². The van der Waals surface area contributed by atoms with E-state index < -0.39 is 0 Å². The lowest BCUT2D eigenvalue weighted by Gasteiger charge is -2.09. The Bertz CT molecular complexity index is 649. The zero-order valence-corrected chi connectivity index (χ0v) is 14.0. The number of phenols is 1. The van der Waals surface area contributed by atoms with Gasteiger partial charge in [0, 0.05) is 13.1 Å². The van der Waals surface area contributed by atoms with Crippen LogP contribution in [0, 0.1) is 3.57 Å². The summed E-state index contributed by atoms with van der Waals surface area (Å²) in [6.07, 6.45) is 0. The van der Waals surface area contributed by atoms with Crippen molar-refractivity contribution in [3.05, 3.63) is 55.0 Å². The molecule has 0 bridgehead atoms. The summed E-state index contributed by atoms with van der Waals surface area (Å²) in [6.45, 7) is 0. The van der Waals surface area contributed by atoms with Crippen molar-refractivity contribution in [1.29, 1.82) is 0 Å². The third-order valence-electron chi connectivity index (χ3n) is 2.38. The van der Waals surface area contributed by atoms with Crippen LogP contribution >= 0.6 is 50.1 Å². The average Bonchev–Trinajstić information content (AvgIpc) is 2.36. The first-order valence-electron chi connectivity index (χ1n) is 5.22. The summed E-state index contributed by atoms with van der Waals surface area (Å²) in [5.74, 6) is -0.449. The molecule has 0 aliphatic rings. The molecular formula is C13H8BrClINO2. The molecular weight excluding hydrogens is 444 g/mol. The fraction of sp³-hybridized carbons (Fsp3) is 0. The molecule has 19 heavy (non-hydrogen) atoms. The maximum absolute atomic E-state index is 12.1. The van der Waals surface area contributed by atoms with Crippen molar-refractivity contribution in [2.75, 3.05) is 5.32 Å². The van der Waals surface area contributed by atoms with Crippen LogP contribution < -0.4 is 5.32 Å². The van der Waals surface area contributed by atoms with Gasteiger partial charge in [-0.15, -0.1) is 0 Å². The topological polar surface area (TPSA) is 49.3 Å². The van der Waals surface area contributed by atoms with Gasteiger partial charge in [0.25, 0.3) is 5.91 Å². The first-order valence-corrected chi connectivity index (χ1v) is 7.47. The van der Waals surface area contributed by atoms with E-state index >= 15 is 0 Å². The molecule has 6 heteroatoms. The van der Waals surface area contributed by atoms with Gasteiger partial charge in [0.05, 0.1) is 11.3 Å². The van der Waals surface area contributed by atoms with Crippen LogP contribution in [-0.4, -0.2) is 11.0 Å². The normalized spacial score (nSPS) is 10.3. The second kappa shape index (κ2) is 6.11. The van der Waals surface area contributed by atoms with E-state index in [0.29, 0.717) is 10.7 Å². The molecule has 0 fully saturated rings. The van der Waals surface area contributed by atoms with E-state index in [-0.39, 0.29) is 17.2 Å².